The molecule has 1 heterocycles. The molecular formula is C15H19N3O2. The summed E-state index contributed by atoms with van der Waals surface area (Å²) in [6, 6.07) is 7.74. The van der Waals surface area contributed by atoms with Crippen LogP contribution in [-0.2, 0) is 0 Å². The number of nitrogens with zero attached hydrogens (tertiary/aromatic N) is 2. The Morgan fingerprint density at radius 1 is 1.10 bits per heavy atom. The molecule has 5 nitrogen and oxygen atoms in total. The lowest BCUT2D eigenvalue weighted by atomic mass is 10.0. The molecule has 1 atom stereocenters. The van der Waals surface area contributed by atoms with E-state index < -0.39 is 0 Å². The number of aromatic nitrogens is 2. The van der Waals surface area contributed by atoms with Gasteiger partial charge in [0.2, 0.25) is 0 Å². The second kappa shape index (κ2) is 6.34. The highest BCUT2D eigenvalue weighted by atomic mass is 16.5. The van der Waals surface area contributed by atoms with Crippen molar-refractivity contribution in [2.75, 3.05) is 21.3 Å². The summed E-state index contributed by atoms with van der Waals surface area (Å²) in [5, 5.41) is 3.26. The summed E-state index contributed by atoms with van der Waals surface area (Å²) in [5.74, 6) is 2.17. The maximum Gasteiger partial charge on any atom is 0.161 e. The molecule has 1 N–H and O–H groups in total. The number of ether oxygens (including phenoxy) is 2. The molecule has 106 valence electrons. The van der Waals surface area contributed by atoms with E-state index in [2.05, 4.69) is 15.3 Å². The maximum absolute atomic E-state index is 5.35. The van der Waals surface area contributed by atoms with Crippen molar-refractivity contribution >= 4 is 0 Å². The van der Waals surface area contributed by atoms with E-state index in [0.717, 1.165) is 17.1 Å². The van der Waals surface area contributed by atoms with Gasteiger partial charge in [0.25, 0.3) is 0 Å². The summed E-state index contributed by atoms with van der Waals surface area (Å²) in [6.07, 6.45) is 1.77. The van der Waals surface area contributed by atoms with Gasteiger partial charge in [0, 0.05) is 6.20 Å². The molecule has 0 aliphatic carbocycles. The van der Waals surface area contributed by atoms with E-state index in [9.17, 15) is 0 Å². The van der Waals surface area contributed by atoms with E-state index in [4.69, 9.17) is 9.47 Å². The van der Waals surface area contributed by atoms with Crippen LogP contribution in [0.1, 0.15) is 23.1 Å². The van der Waals surface area contributed by atoms with Crippen LogP contribution in [-0.4, -0.2) is 31.2 Å². The van der Waals surface area contributed by atoms with E-state index in [1.54, 1.807) is 20.4 Å². The Morgan fingerprint density at radius 2 is 1.85 bits per heavy atom. The second-order valence-electron chi connectivity index (χ2n) is 4.36. The number of methoxy groups -OCH3 is 2. The van der Waals surface area contributed by atoms with Crippen LogP contribution in [0.5, 0.6) is 11.5 Å². The fourth-order valence-corrected chi connectivity index (χ4v) is 2.15. The van der Waals surface area contributed by atoms with Gasteiger partial charge in [-0.05, 0) is 37.7 Å². The smallest absolute Gasteiger partial charge is 0.161 e. The Kier molecular flexibility index (Phi) is 4.53. The van der Waals surface area contributed by atoms with Gasteiger partial charge in [-0.2, -0.15) is 0 Å². The Labute approximate surface area is 119 Å². The predicted octanol–water partition coefficient (Wildman–Crippen LogP) is 2.11. The third kappa shape index (κ3) is 2.88. The molecule has 0 aliphatic heterocycles. The van der Waals surface area contributed by atoms with E-state index in [1.807, 2.05) is 38.2 Å². The van der Waals surface area contributed by atoms with Gasteiger partial charge in [-0.1, -0.05) is 6.07 Å². The van der Waals surface area contributed by atoms with E-state index in [1.165, 1.54) is 0 Å². The predicted molar refractivity (Wildman–Crippen MR) is 77.2 cm³/mol. The first kappa shape index (κ1) is 14.3. The lowest BCUT2D eigenvalue weighted by molar-refractivity contribution is 0.354. The first-order valence-corrected chi connectivity index (χ1v) is 6.38. The van der Waals surface area contributed by atoms with Gasteiger partial charge in [0.1, 0.15) is 5.82 Å². The molecule has 0 bridgehead atoms. The molecule has 2 rings (SSSR count). The number of nitrogens with one attached hydrogen (secondary N) is 1. The zero-order chi connectivity index (χ0) is 14.5. The molecule has 5 heteroatoms. The van der Waals surface area contributed by atoms with Crippen LogP contribution in [0.3, 0.4) is 0 Å². The molecule has 20 heavy (non-hydrogen) atoms. The van der Waals surface area contributed by atoms with Crippen LogP contribution in [0.2, 0.25) is 0 Å². The molecule has 0 aliphatic rings. The summed E-state index contributed by atoms with van der Waals surface area (Å²) in [4.78, 5) is 8.60. The summed E-state index contributed by atoms with van der Waals surface area (Å²) in [5.41, 5.74) is 1.98. The molecule has 0 amide bonds. The summed E-state index contributed by atoms with van der Waals surface area (Å²) in [6.45, 7) is 1.88. The largest absolute Gasteiger partial charge is 0.493 e. The first-order valence-electron chi connectivity index (χ1n) is 6.38. The lowest BCUT2D eigenvalue weighted by Crippen LogP contribution is -2.19. The minimum atomic E-state index is -0.0171. The average Bonchev–Trinajstić information content (AvgIpc) is 2.48. The third-order valence-corrected chi connectivity index (χ3v) is 3.12. The van der Waals surface area contributed by atoms with Crippen molar-refractivity contribution in [1.29, 1.82) is 0 Å². The van der Waals surface area contributed by atoms with Gasteiger partial charge in [0.15, 0.2) is 11.5 Å². The Morgan fingerprint density at radius 3 is 2.45 bits per heavy atom. The van der Waals surface area contributed by atoms with E-state index >= 15 is 0 Å². The Bertz CT molecular complexity index is 587. The Balaban J connectivity index is 2.41. The first-order chi connectivity index (χ1) is 9.69. The molecule has 0 saturated heterocycles. The molecule has 0 spiro atoms. The molecule has 1 aromatic carbocycles. The van der Waals surface area contributed by atoms with Crippen LogP contribution in [0.15, 0.2) is 30.5 Å². The highest BCUT2D eigenvalue weighted by Gasteiger charge is 2.16. The summed E-state index contributed by atoms with van der Waals surface area (Å²) in [7, 11) is 5.16. The monoisotopic (exact) mass is 273 g/mol. The van der Waals surface area contributed by atoms with E-state index in [-0.39, 0.29) is 6.04 Å². The zero-order valence-corrected chi connectivity index (χ0v) is 12.2. The zero-order valence-electron chi connectivity index (χ0n) is 12.2. The summed E-state index contributed by atoms with van der Waals surface area (Å²) >= 11 is 0. The normalized spacial score (nSPS) is 12.0. The van der Waals surface area contributed by atoms with Gasteiger partial charge < -0.3 is 14.8 Å². The number of aryl methyl sites for hydroxylation is 1. The van der Waals surface area contributed by atoms with Crippen LogP contribution in [0.25, 0.3) is 0 Å². The van der Waals surface area contributed by atoms with Crippen LogP contribution in [0, 0.1) is 6.92 Å². The van der Waals surface area contributed by atoms with Crippen LogP contribution >= 0.6 is 0 Å². The second-order valence-corrected chi connectivity index (χ2v) is 4.36. The standard InChI is InChI=1S/C15H19N3O2/c1-10-17-8-7-12(18-10)15(16-2)11-5-6-13(19-3)14(9-11)20-4/h5-9,15-16H,1-4H3. The molecule has 0 saturated carbocycles. The molecule has 0 radical (unpaired) electrons. The molecular weight excluding hydrogens is 254 g/mol. The third-order valence-electron chi connectivity index (χ3n) is 3.12. The maximum atomic E-state index is 5.35. The van der Waals surface area contributed by atoms with Crippen molar-refractivity contribution in [3.63, 3.8) is 0 Å². The van der Waals surface area contributed by atoms with Crippen molar-refractivity contribution in [1.82, 2.24) is 15.3 Å². The van der Waals surface area contributed by atoms with E-state index in [0.29, 0.717) is 11.5 Å². The van der Waals surface area contributed by atoms with Crippen molar-refractivity contribution < 1.29 is 9.47 Å². The minimum absolute atomic E-state index is 0.0171. The molecule has 1 unspecified atom stereocenters. The van der Waals surface area contributed by atoms with Crippen LogP contribution in [0.4, 0.5) is 0 Å². The highest BCUT2D eigenvalue weighted by Crippen LogP contribution is 2.31. The number of rotatable bonds is 5. The fourth-order valence-electron chi connectivity index (χ4n) is 2.15. The van der Waals surface area contributed by atoms with Crippen molar-refractivity contribution in [2.24, 2.45) is 0 Å². The molecule has 2 aromatic rings. The lowest BCUT2D eigenvalue weighted by Gasteiger charge is -2.18. The van der Waals surface area contributed by atoms with Crippen LogP contribution < -0.4 is 14.8 Å². The van der Waals surface area contributed by atoms with Crippen molar-refractivity contribution in [3.8, 4) is 11.5 Å². The Hall–Kier alpha value is -2.14. The fraction of sp³-hybridized carbons (Fsp3) is 0.333. The number of hydrogen-bond donors (Lipinski definition) is 1. The average molecular weight is 273 g/mol. The van der Waals surface area contributed by atoms with Gasteiger partial charge in [-0.3, -0.25) is 0 Å². The minimum Gasteiger partial charge on any atom is -0.493 e. The quantitative estimate of drug-likeness (QED) is 0.904. The van der Waals surface area contributed by atoms with Gasteiger partial charge >= 0.3 is 0 Å². The number of benzene rings is 1. The highest BCUT2D eigenvalue weighted by molar-refractivity contribution is 5.45. The molecule has 0 fully saturated rings. The van der Waals surface area contributed by atoms with Crippen molar-refractivity contribution in [3.05, 3.63) is 47.5 Å². The van der Waals surface area contributed by atoms with Gasteiger partial charge in [-0.25, -0.2) is 9.97 Å². The summed E-state index contributed by atoms with van der Waals surface area (Å²) < 4.78 is 10.6. The topological polar surface area (TPSA) is 56.3 Å². The number of hydrogen-bond acceptors (Lipinski definition) is 5. The van der Waals surface area contributed by atoms with Crippen molar-refractivity contribution in [2.45, 2.75) is 13.0 Å². The SMILES string of the molecule is CNC(c1ccc(OC)c(OC)c1)c1ccnc(C)n1. The molecule has 1 aromatic heterocycles. The van der Waals surface area contributed by atoms with Gasteiger partial charge in [-0.15, -0.1) is 0 Å². The van der Waals surface area contributed by atoms with Gasteiger partial charge in [0.05, 0.1) is 26.0 Å².